The van der Waals surface area contributed by atoms with Gasteiger partial charge in [-0.05, 0) is 12.8 Å². The van der Waals surface area contributed by atoms with Crippen LogP contribution in [-0.2, 0) is 53.7 Å². The fraction of sp³-hybridized carbons (Fsp3) is 0.765. The number of ether oxygens (including phenoxy) is 2. The second-order valence-corrected chi connectivity index (χ2v) is 14.7. The minimum absolute atomic E-state index is 0. The monoisotopic (exact) mass is 770 g/mol. The molecule has 0 atom stereocenters. The second kappa shape index (κ2) is 55.0. The molecule has 0 aromatic heterocycles. The minimum Gasteiger partial charge on any atom is 2.00 e. The van der Waals surface area contributed by atoms with Gasteiger partial charge in [0.25, 0.3) is 0 Å². The zero-order valence-electron chi connectivity index (χ0n) is 28.9. The van der Waals surface area contributed by atoms with Crippen LogP contribution in [0.25, 0.3) is 0 Å². The predicted octanol–water partition coefficient (Wildman–Crippen LogP) is 12.5. The van der Waals surface area contributed by atoms with Crippen LogP contribution in [0.1, 0.15) is 149 Å². The number of unbranched alkanes of at least 4 members (excludes halogenated alkanes) is 16. The Kier molecular flexibility index (Phi) is 71.5. The van der Waals surface area contributed by atoms with E-state index in [0.29, 0.717) is 5.57 Å². The fourth-order valence-electron chi connectivity index (χ4n) is 3.30. The van der Waals surface area contributed by atoms with Crippen LogP contribution in [-0.4, -0.2) is 32.0 Å². The molecule has 250 valence electrons. The number of alkyl halides is 1. The van der Waals surface area contributed by atoms with Gasteiger partial charge in [0.05, 0.1) is 20.1 Å². The third-order valence-corrected chi connectivity index (χ3v) is 6.22. The van der Waals surface area contributed by atoms with Crippen molar-refractivity contribution in [2.45, 2.75) is 149 Å². The number of halogens is 3. The van der Waals surface area contributed by atoms with Crippen molar-refractivity contribution in [1.82, 2.24) is 0 Å². The molecule has 0 saturated heterocycles. The number of methoxy groups -OCH3 is 2. The molecule has 0 spiro atoms. The summed E-state index contributed by atoms with van der Waals surface area (Å²) in [6.45, 7) is 21.3. The molecular formula is C34H65Cl3O4Zn2. The summed E-state index contributed by atoms with van der Waals surface area (Å²) >= 11 is 4.29. The van der Waals surface area contributed by atoms with Crippen LogP contribution in [0, 0.1) is 13.8 Å². The van der Waals surface area contributed by atoms with E-state index in [9.17, 15) is 9.59 Å². The molecule has 0 rings (SSSR count). The number of carbonyl (C=O) groups excluding carboxylic acids is 2. The summed E-state index contributed by atoms with van der Waals surface area (Å²) < 4.78 is 8.86. The van der Waals surface area contributed by atoms with Crippen molar-refractivity contribution < 1.29 is 53.7 Å². The van der Waals surface area contributed by atoms with Gasteiger partial charge in [-0.3, -0.25) is 0 Å². The number of rotatable bonds is 21. The molecule has 43 heavy (non-hydrogen) atoms. The Bertz CT molecular complexity index is 528. The summed E-state index contributed by atoms with van der Waals surface area (Å²) in [5.41, 5.74) is 0.889. The summed E-state index contributed by atoms with van der Waals surface area (Å²) in [5.74, 6) is -0.576. The van der Waals surface area contributed by atoms with Crippen molar-refractivity contribution in [2.75, 3.05) is 20.1 Å². The molecule has 0 amide bonds. The molecule has 4 nitrogen and oxygen atoms in total. The van der Waals surface area contributed by atoms with Gasteiger partial charge in [-0.15, -0.1) is 11.6 Å². The zero-order chi connectivity index (χ0) is 33.3. The second-order valence-electron chi connectivity index (χ2n) is 9.83. The van der Waals surface area contributed by atoms with Gasteiger partial charge in [0.1, 0.15) is 0 Å². The third kappa shape index (κ3) is 62.1. The predicted molar refractivity (Wildman–Crippen MR) is 185 cm³/mol. The molecule has 0 aromatic carbocycles. The van der Waals surface area contributed by atoms with E-state index in [4.69, 9.17) is 31.0 Å². The molecule has 0 fully saturated rings. The van der Waals surface area contributed by atoms with E-state index in [0.717, 1.165) is 25.7 Å². The van der Waals surface area contributed by atoms with Crippen molar-refractivity contribution in [3.05, 3.63) is 38.2 Å². The van der Waals surface area contributed by atoms with Crippen LogP contribution in [0.2, 0.25) is 0 Å². The maximum atomic E-state index is 11.0. The summed E-state index contributed by atoms with van der Waals surface area (Å²) in [5, 5.41) is 0. The number of hydrogen-bond donors (Lipinski definition) is 0. The Balaban J connectivity index is -0.000000106. The van der Waals surface area contributed by atoms with Crippen LogP contribution in [0.3, 0.4) is 0 Å². The molecule has 0 saturated carbocycles. The first kappa shape index (κ1) is 55.9. The van der Waals surface area contributed by atoms with Crippen LogP contribution in [0.5, 0.6) is 0 Å². The SMILES string of the molecule is C=C(CCCCCCCCC)C(=O)OC.C=C(CCl)C(=O)OC.[CH2-]CCCCCCC.[CH2-]CCCCCCC.[Cl][Zn][Cl].[Zn+2]. The summed E-state index contributed by atoms with van der Waals surface area (Å²) in [7, 11) is 12.6. The fourth-order valence-corrected chi connectivity index (χ4v) is 3.41. The van der Waals surface area contributed by atoms with Crippen LogP contribution in [0.15, 0.2) is 24.3 Å². The average molecular weight is 775 g/mol. The molecule has 0 aromatic rings. The summed E-state index contributed by atoms with van der Waals surface area (Å²) in [6.07, 6.45) is 25.5. The Labute approximate surface area is 302 Å². The van der Waals surface area contributed by atoms with Crippen molar-refractivity contribution in [3.63, 3.8) is 0 Å². The first-order valence-electron chi connectivity index (χ1n) is 16.0. The number of hydrogen-bond acceptors (Lipinski definition) is 4. The van der Waals surface area contributed by atoms with E-state index in [1.165, 1.54) is 117 Å². The topological polar surface area (TPSA) is 52.6 Å². The largest absolute Gasteiger partial charge is 2.00 e. The molecule has 0 aliphatic rings. The minimum atomic E-state index is -0.931. The summed E-state index contributed by atoms with van der Waals surface area (Å²) in [6, 6.07) is 0. The molecular weight excluding hydrogens is 710 g/mol. The first-order chi connectivity index (χ1) is 20.2. The number of esters is 2. The van der Waals surface area contributed by atoms with Gasteiger partial charge in [-0.1, -0.05) is 137 Å². The molecule has 0 N–H and O–H groups in total. The van der Waals surface area contributed by atoms with Gasteiger partial charge in [-0.25, -0.2) is 9.59 Å². The standard InChI is InChI=1S/C13H24O2.2C8H17.C5H7ClO2.2ClH.2Zn/c1-4-5-6-7-8-9-10-11-12(2)13(14)15-3;2*1-3-5-7-8-6-4-2;1-4(3-6)5(7)8-2;;;;/h2,4-11H2,1,3H3;2*1,3-8H2,2H3;1,3H2,2H3;2*1H;;/q;2*-1;;;;2*+2/p-2. The summed E-state index contributed by atoms with van der Waals surface area (Å²) in [4.78, 5) is 21.3. The van der Waals surface area contributed by atoms with Crippen molar-refractivity contribution in [2.24, 2.45) is 0 Å². The van der Waals surface area contributed by atoms with Gasteiger partial charge in [-0.2, -0.15) is 12.8 Å². The Morgan fingerprint density at radius 3 is 1.14 bits per heavy atom. The first-order valence-corrected chi connectivity index (χ1v) is 24.3. The van der Waals surface area contributed by atoms with E-state index < -0.39 is 21.1 Å². The van der Waals surface area contributed by atoms with E-state index in [2.05, 4.69) is 57.3 Å². The Morgan fingerprint density at radius 2 is 0.884 bits per heavy atom. The van der Waals surface area contributed by atoms with E-state index >= 15 is 0 Å². The molecule has 0 heterocycles. The maximum Gasteiger partial charge on any atom is 2.00 e. The van der Waals surface area contributed by atoms with Gasteiger partial charge < -0.3 is 23.3 Å². The normalized spacial score (nSPS) is 8.88. The molecule has 0 aliphatic heterocycles. The van der Waals surface area contributed by atoms with Crippen LogP contribution in [0.4, 0.5) is 0 Å². The van der Waals surface area contributed by atoms with Crippen molar-refractivity contribution in [3.8, 4) is 0 Å². The van der Waals surface area contributed by atoms with Gasteiger partial charge >= 0.3 is 65.9 Å². The van der Waals surface area contributed by atoms with Crippen molar-refractivity contribution >= 4 is 42.9 Å². The molecule has 0 unspecified atom stereocenters. The molecule has 0 radical (unpaired) electrons. The molecule has 9 heteroatoms. The molecule has 0 bridgehead atoms. The maximum absolute atomic E-state index is 11.0. The number of carbonyl (C=O) groups is 2. The van der Waals surface area contributed by atoms with E-state index in [-0.39, 0.29) is 36.9 Å². The van der Waals surface area contributed by atoms with E-state index in [1.807, 2.05) is 0 Å². The average Bonchev–Trinajstić information content (AvgIpc) is 3.01. The van der Waals surface area contributed by atoms with Crippen LogP contribution >= 0.6 is 31.0 Å². The van der Waals surface area contributed by atoms with Gasteiger partial charge in [0.15, 0.2) is 0 Å². The van der Waals surface area contributed by atoms with Crippen LogP contribution < -0.4 is 0 Å². The third-order valence-electron chi connectivity index (χ3n) is 5.90. The Morgan fingerprint density at radius 1 is 0.605 bits per heavy atom. The smallest absolute Gasteiger partial charge is 2.00 e. The van der Waals surface area contributed by atoms with Crippen molar-refractivity contribution in [1.29, 1.82) is 0 Å². The quantitative estimate of drug-likeness (QED) is 0.0291. The zero-order valence-corrected chi connectivity index (χ0v) is 37.1. The van der Waals surface area contributed by atoms with E-state index in [1.54, 1.807) is 0 Å². The van der Waals surface area contributed by atoms with Gasteiger partial charge in [0, 0.05) is 11.1 Å². The molecule has 0 aliphatic carbocycles. The van der Waals surface area contributed by atoms with Gasteiger partial charge in [0.2, 0.25) is 0 Å². The Hall–Kier alpha value is 0.537.